The molecule has 1 aromatic rings. The molecule has 0 aromatic heterocycles. The highest BCUT2D eigenvalue weighted by Crippen LogP contribution is 2.48. The fourth-order valence-electron chi connectivity index (χ4n) is 2.39. The van der Waals surface area contributed by atoms with Crippen molar-refractivity contribution in [2.45, 2.75) is 18.8 Å². The molecule has 0 bridgehead atoms. The molecule has 18 heavy (non-hydrogen) atoms. The molecule has 2 atom stereocenters. The maximum Gasteiger partial charge on any atom is 0.249 e. The van der Waals surface area contributed by atoms with Gasteiger partial charge in [-0.1, -0.05) is 6.07 Å². The molecule has 2 fully saturated rings. The van der Waals surface area contributed by atoms with Crippen LogP contribution in [0.15, 0.2) is 18.2 Å². The van der Waals surface area contributed by atoms with Crippen LogP contribution in [-0.4, -0.2) is 24.1 Å². The van der Waals surface area contributed by atoms with Gasteiger partial charge in [0.2, 0.25) is 5.91 Å². The predicted molar refractivity (Wildman–Crippen MR) is 59.5 cm³/mol. The standard InChI is InChI=1S/C13H13F2NO2/c14-11-3-2-8(6-12(11)15)9-7-10(9)13(17)16-4-1-5-18-16/h2-3,6,9-10H,1,4-5,7H2/t9-,10+/m0/s1. The van der Waals surface area contributed by atoms with Gasteiger partial charge in [-0.15, -0.1) is 0 Å². The zero-order valence-corrected chi connectivity index (χ0v) is 9.73. The molecule has 2 aliphatic rings. The Morgan fingerprint density at radius 1 is 1.33 bits per heavy atom. The van der Waals surface area contributed by atoms with Gasteiger partial charge in [0.1, 0.15) is 0 Å². The van der Waals surface area contributed by atoms with Gasteiger partial charge in [0.25, 0.3) is 0 Å². The van der Waals surface area contributed by atoms with Crippen LogP contribution in [0.1, 0.15) is 24.3 Å². The second-order valence-corrected chi connectivity index (χ2v) is 4.75. The minimum Gasteiger partial charge on any atom is -0.272 e. The highest BCUT2D eigenvalue weighted by atomic mass is 19.2. The summed E-state index contributed by atoms with van der Waals surface area (Å²) in [5, 5.41) is 1.39. The quantitative estimate of drug-likeness (QED) is 0.809. The summed E-state index contributed by atoms with van der Waals surface area (Å²) in [4.78, 5) is 17.2. The van der Waals surface area contributed by atoms with Crippen molar-refractivity contribution in [1.82, 2.24) is 5.06 Å². The average Bonchev–Trinajstić information content (AvgIpc) is 2.97. The third-order valence-electron chi connectivity index (χ3n) is 3.48. The van der Waals surface area contributed by atoms with Crippen LogP contribution in [0, 0.1) is 17.6 Å². The minimum absolute atomic E-state index is 0.00296. The maximum absolute atomic E-state index is 13.1. The van der Waals surface area contributed by atoms with Crippen LogP contribution in [0.25, 0.3) is 0 Å². The number of carbonyl (C=O) groups is 1. The summed E-state index contributed by atoms with van der Waals surface area (Å²) in [7, 11) is 0. The predicted octanol–water partition coefficient (Wildman–Crippen LogP) is 2.23. The maximum atomic E-state index is 13.1. The van der Waals surface area contributed by atoms with Crippen LogP contribution in [0.4, 0.5) is 8.78 Å². The Bertz CT molecular complexity index is 486. The Kier molecular flexibility index (Phi) is 2.78. The van der Waals surface area contributed by atoms with E-state index in [0.29, 0.717) is 25.1 Å². The summed E-state index contributed by atoms with van der Waals surface area (Å²) >= 11 is 0. The number of nitrogens with zero attached hydrogens (tertiary/aromatic N) is 1. The van der Waals surface area contributed by atoms with Crippen molar-refractivity contribution in [3.63, 3.8) is 0 Å². The number of halogens is 2. The van der Waals surface area contributed by atoms with Gasteiger partial charge >= 0.3 is 0 Å². The van der Waals surface area contributed by atoms with Gasteiger partial charge in [-0.05, 0) is 36.5 Å². The molecule has 3 rings (SSSR count). The number of benzene rings is 1. The lowest BCUT2D eigenvalue weighted by molar-refractivity contribution is -0.170. The summed E-state index contributed by atoms with van der Waals surface area (Å²) < 4.78 is 25.9. The van der Waals surface area contributed by atoms with E-state index in [1.54, 1.807) is 6.07 Å². The van der Waals surface area contributed by atoms with E-state index >= 15 is 0 Å². The van der Waals surface area contributed by atoms with Gasteiger partial charge < -0.3 is 0 Å². The fraction of sp³-hybridized carbons (Fsp3) is 0.462. The van der Waals surface area contributed by atoms with E-state index in [-0.39, 0.29) is 17.7 Å². The molecule has 1 aliphatic carbocycles. The molecule has 1 heterocycles. The molecule has 0 spiro atoms. The van der Waals surface area contributed by atoms with E-state index in [2.05, 4.69) is 0 Å². The molecule has 96 valence electrons. The molecule has 0 unspecified atom stereocenters. The second-order valence-electron chi connectivity index (χ2n) is 4.75. The smallest absolute Gasteiger partial charge is 0.249 e. The second kappa shape index (κ2) is 4.31. The van der Waals surface area contributed by atoms with E-state index in [0.717, 1.165) is 12.5 Å². The monoisotopic (exact) mass is 253 g/mol. The molecule has 5 heteroatoms. The third kappa shape index (κ3) is 1.99. The average molecular weight is 253 g/mol. The van der Waals surface area contributed by atoms with Crippen molar-refractivity contribution in [3.05, 3.63) is 35.4 Å². The summed E-state index contributed by atoms with van der Waals surface area (Å²) in [5.41, 5.74) is 0.687. The zero-order valence-electron chi connectivity index (χ0n) is 9.73. The molecule has 1 aliphatic heterocycles. The SMILES string of the molecule is O=C([C@@H]1C[C@H]1c1ccc(F)c(F)c1)N1CCCO1. The van der Waals surface area contributed by atoms with Gasteiger partial charge in [-0.2, -0.15) is 0 Å². The fourth-order valence-corrected chi connectivity index (χ4v) is 2.39. The van der Waals surface area contributed by atoms with Crippen molar-refractivity contribution in [1.29, 1.82) is 0 Å². The molecule has 0 radical (unpaired) electrons. The van der Waals surface area contributed by atoms with Gasteiger partial charge in [0.05, 0.1) is 13.2 Å². The van der Waals surface area contributed by atoms with Crippen LogP contribution in [0.5, 0.6) is 0 Å². The van der Waals surface area contributed by atoms with Crippen LogP contribution in [0.2, 0.25) is 0 Å². The lowest BCUT2D eigenvalue weighted by Gasteiger charge is -2.13. The number of rotatable bonds is 2. The normalized spacial score (nSPS) is 26.4. The first-order chi connectivity index (χ1) is 8.66. The van der Waals surface area contributed by atoms with E-state index in [1.165, 1.54) is 11.1 Å². The molecule has 1 saturated carbocycles. The Morgan fingerprint density at radius 3 is 2.83 bits per heavy atom. The summed E-state index contributed by atoms with van der Waals surface area (Å²) in [5.74, 6) is -1.90. The Hall–Kier alpha value is -1.49. The first-order valence-corrected chi connectivity index (χ1v) is 6.06. The van der Waals surface area contributed by atoms with Crippen molar-refractivity contribution in [2.24, 2.45) is 5.92 Å². The molecule has 1 amide bonds. The highest BCUT2D eigenvalue weighted by Gasteiger charge is 2.46. The minimum atomic E-state index is -0.858. The summed E-state index contributed by atoms with van der Waals surface area (Å²) in [6, 6.07) is 3.83. The van der Waals surface area contributed by atoms with Crippen LogP contribution < -0.4 is 0 Å². The van der Waals surface area contributed by atoms with E-state index in [4.69, 9.17) is 4.84 Å². The van der Waals surface area contributed by atoms with E-state index in [9.17, 15) is 13.6 Å². The number of amides is 1. The Morgan fingerprint density at radius 2 is 2.17 bits per heavy atom. The summed E-state index contributed by atoms with van der Waals surface area (Å²) in [6.45, 7) is 1.20. The largest absolute Gasteiger partial charge is 0.272 e. The third-order valence-corrected chi connectivity index (χ3v) is 3.48. The summed E-state index contributed by atoms with van der Waals surface area (Å²) in [6.07, 6.45) is 1.54. The van der Waals surface area contributed by atoms with Crippen molar-refractivity contribution in [3.8, 4) is 0 Å². The molecule has 0 N–H and O–H groups in total. The van der Waals surface area contributed by atoms with Crippen LogP contribution >= 0.6 is 0 Å². The molecule has 3 nitrogen and oxygen atoms in total. The molecule has 1 aromatic carbocycles. The lowest BCUT2D eigenvalue weighted by Crippen LogP contribution is -2.28. The van der Waals surface area contributed by atoms with E-state index < -0.39 is 11.6 Å². The number of carbonyl (C=O) groups excluding carboxylic acids is 1. The van der Waals surface area contributed by atoms with Crippen molar-refractivity contribution in [2.75, 3.05) is 13.2 Å². The number of hydrogen-bond donors (Lipinski definition) is 0. The zero-order chi connectivity index (χ0) is 12.7. The molecular formula is C13H13F2NO2. The first-order valence-electron chi connectivity index (χ1n) is 6.06. The lowest BCUT2D eigenvalue weighted by atomic mass is 10.1. The van der Waals surface area contributed by atoms with Crippen LogP contribution in [-0.2, 0) is 9.63 Å². The Balaban J connectivity index is 1.69. The molecular weight excluding hydrogens is 240 g/mol. The van der Waals surface area contributed by atoms with Crippen LogP contribution in [0.3, 0.4) is 0 Å². The number of hydroxylamine groups is 2. The van der Waals surface area contributed by atoms with Gasteiger partial charge in [0.15, 0.2) is 11.6 Å². The first kappa shape index (κ1) is 11.6. The highest BCUT2D eigenvalue weighted by molar-refractivity contribution is 5.82. The molecule has 1 saturated heterocycles. The van der Waals surface area contributed by atoms with Crippen molar-refractivity contribution >= 4 is 5.91 Å². The van der Waals surface area contributed by atoms with E-state index in [1.807, 2.05) is 0 Å². The van der Waals surface area contributed by atoms with Crippen molar-refractivity contribution < 1.29 is 18.4 Å². The van der Waals surface area contributed by atoms with Gasteiger partial charge in [-0.25, -0.2) is 13.8 Å². The number of hydrogen-bond acceptors (Lipinski definition) is 2. The van der Waals surface area contributed by atoms with Gasteiger partial charge in [-0.3, -0.25) is 9.63 Å². The topological polar surface area (TPSA) is 29.5 Å². The Labute approximate surface area is 103 Å². The van der Waals surface area contributed by atoms with Gasteiger partial charge in [0, 0.05) is 5.92 Å².